The predicted molar refractivity (Wildman–Crippen MR) is 91.8 cm³/mol. The van der Waals surface area contributed by atoms with Crippen molar-refractivity contribution in [2.24, 2.45) is 0 Å². The van der Waals surface area contributed by atoms with Crippen molar-refractivity contribution in [2.45, 2.75) is 20.1 Å². The Morgan fingerprint density at radius 3 is 2.42 bits per heavy atom. The maximum absolute atomic E-state index is 12.0. The van der Waals surface area contributed by atoms with E-state index in [2.05, 4.69) is 5.32 Å². The zero-order valence-corrected chi connectivity index (χ0v) is 13.5. The fraction of sp³-hybridized carbons (Fsp3) is 0.150. The first-order valence-corrected chi connectivity index (χ1v) is 7.80. The Labute approximate surface area is 141 Å². The van der Waals surface area contributed by atoms with Gasteiger partial charge in [0, 0.05) is 12.1 Å². The summed E-state index contributed by atoms with van der Waals surface area (Å²) in [4.78, 5) is 12.0. The number of aryl methyl sites for hydroxylation is 1. The second-order valence-electron chi connectivity index (χ2n) is 5.53. The minimum Gasteiger partial charge on any atom is -0.489 e. The van der Waals surface area contributed by atoms with Gasteiger partial charge in [0.15, 0.2) is 5.76 Å². The van der Waals surface area contributed by atoms with Gasteiger partial charge in [0.25, 0.3) is 5.91 Å². The number of rotatable bonds is 6. The summed E-state index contributed by atoms with van der Waals surface area (Å²) in [5.74, 6) is 0.954. The summed E-state index contributed by atoms with van der Waals surface area (Å²) in [5, 5.41) is 2.85. The molecule has 4 heteroatoms. The summed E-state index contributed by atoms with van der Waals surface area (Å²) in [6, 6.07) is 19.5. The second-order valence-corrected chi connectivity index (χ2v) is 5.53. The van der Waals surface area contributed by atoms with E-state index < -0.39 is 0 Å². The fourth-order valence-corrected chi connectivity index (χ4v) is 2.31. The van der Waals surface area contributed by atoms with Gasteiger partial charge in [-0.05, 0) is 36.2 Å². The summed E-state index contributed by atoms with van der Waals surface area (Å²) in [6.45, 7) is 2.82. The van der Waals surface area contributed by atoms with E-state index in [0.717, 1.165) is 22.4 Å². The van der Waals surface area contributed by atoms with Crippen molar-refractivity contribution in [1.82, 2.24) is 5.32 Å². The predicted octanol–water partition coefficient (Wildman–Crippen LogP) is 4.10. The molecule has 0 spiro atoms. The molecule has 0 fully saturated rings. The zero-order valence-electron chi connectivity index (χ0n) is 13.5. The van der Waals surface area contributed by atoms with Crippen molar-refractivity contribution in [2.75, 3.05) is 0 Å². The van der Waals surface area contributed by atoms with Crippen LogP contribution in [0.2, 0.25) is 0 Å². The van der Waals surface area contributed by atoms with Gasteiger partial charge in [-0.25, -0.2) is 0 Å². The monoisotopic (exact) mass is 321 g/mol. The lowest BCUT2D eigenvalue weighted by molar-refractivity contribution is 0.0922. The van der Waals surface area contributed by atoms with Gasteiger partial charge in [0.2, 0.25) is 0 Å². The molecule has 122 valence electrons. The summed E-state index contributed by atoms with van der Waals surface area (Å²) in [7, 11) is 0. The van der Waals surface area contributed by atoms with Crippen LogP contribution in [0.4, 0.5) is 0 Å². The highest BCUT2D eigenvalue weighted by molar-refractivity contribution is 5.92. The average Bonchev–Trinajstić information content (AvgIpc) is 3.06. The second kappa shape index (κ2) is 7.51. The van der Waals surface area contributed by atoms with Crippen molar-refractivity contribution in [3.8, 4) is 5.75 Å². The smallest absolute Gasteiger partial charge is 0.287 e. The van der Waals surface area contributed by atoms with Crippen LogP contribution in [-0.2, 0) is 13.2 Å². The van der Waals surface area contributed by atoms with Gasteiger partial charge < -0.3 is 14.5 Å². The van der Waals surface area contributed by atoms with Gasteiger partial charge in [-0.1, -0.05) is 42.5 Å². The third-order valence-corrected chi connectivity index (χ3v) is 3.69. The van der Waals surface area contributed by atoms with Gasteiger partial charge in [-0.2, -0.15) is 0 Å². The summed E-state index contributed by atoms with van der Waals surface area (Å²) >= 11 is 0. The molecule has 3 aromatic rings. The number of carbonyl (C=O) groups is 1. The molecule has 1 heterocycles. The van der Waals surface area contributed by atoms with E-state index in [-0.39, 0.29) is 5.91 Å². The summed E-state index contributed by atoms with van der Waals surface area (Å²) in [6.07, 6.45) is 1.52. The van der Waals surface area contributed by atoms with E-state index in [1.807, 2.05) is 61.5 Å². The van der Waals surface area contributed by atoms with Crippen LogP contribution in [0.5, 0.6) is 5.75 Å². The molecule has 4 nitrogen and oxygen atoms in total. The first-order valence-electron chi connectivity index (χ1n) is 7.80. The van der Waals surface area contributed by atoms with Crippen molar-refractivity contribution in [3.63, 3.8) is 0 Å². The van der Waals surface area contributed by atoms with Gasteiger partial charge in [0.05, 0.1) is 6.26 Å². The number of benzene rings is 2. The Kier molecular flexibility index (Phi) is 4.96. The highest BCUT2D eigenvalue weighted by atomic mass is 16.5. The van der Waals surface area contributed by atoms with Crippen LogP contribution in [0.25, 0.3) is 0 Å². The van der Waals surface area contributed by atoms with E-state index in [4.69, 9.17) is 9.15 Å². The first kappa shape index (κ1) is 15.9. The molecule has 0 aliphatic carbocycles. The molecule has 1 amide bonds. The molecule has 0 saturated carbocycles. The lowest BCUT2D eigenvalue weighted by Gasteiger charge is -2.08. The maximum Gasteiger partial charge on any atom is 0.287 e. The Bertz CT molecular complexity index is 791. The maximum atomic E-state index is 12.0. The molecule has 0 radical (unpaired) electrons. The molecule has 0 atom stereocenters. The normalized spacial score (nSPS) is 10.4. The van der Waals surface area contributed by atoms with Gasteiger partial charge in [-0.15, -0.1) is 0 Å². The molecule has 0 aliphatic rings. The van der Waals surface area contributed by atoms with Crippen LogP contribution >= 0.6 is 0 Å². The van der Waals surface area contributed by atoms with Crippen LogP contribution in [0.3, 0.4) is 0 Å². The largest absolute Gasteiger partial charge is 0.489 e. The first-order chi connectivity index (χ1) is 11.7. The van der Waals surface area contributed by atoms with E-state index >= 15 is 0 Å². The van der Waals surface area contributed by atoms with Crippen LogP contribution < -0.4 is 10.1 Å². The number of hydrogen-bond donors (Lipinski definition) is 1. The minimum atomic E-state index is -0.207. The van der Waals surface area contributed by atoms with Gasteiger partial charge >= 0.3 is 0 Å². The molecule has 2 aromatic carbocycles. The molecule has 0 bridgehead atoms. The van der Waals surface area contributed by atoms with Crippen molar-refractivity contribution >= 4 is 5.91 Å². The Hall–Kier alpha value is -3.01. The molecule has 3 rings (SSSR count). The molecular formula is C20H19NO3. The van der Waals surface area contributed by atoms with Crippen molar-refractivity contribution < 1.29 is 13.9 Å². The quantitative estimate of drug-likeness (QED) is 0.744. The highest BCUT2D eigenvalue weighted by Crippen LogP contribution is 2.15. The molecule has 1 N–H and O–H groups in total. The SMILES string of the molecule is Cc1ccoc1C(=O)NCc1ccc(OCc2ccccc2)cc1. The van der Waals surface area contributed by atoms with Crippen LogP contribution in [0.1, 0.15) is 27.2 Å². The lowest BCUT2D eigenvalue weighted by Crippen LogP contribution is -2.22. The Morgan fingerprint density at radius 2 is 1.75 bits per heavy atom. The lowest BCUT2D eigenvalue weighted by atomic mass is 10.2. The van der Waals surface area contributed by atoms with Crippen LogP contribution in [0, 0.1) is 6.92 Å². The van der Waals surface area contributed by atoms with Crippen LogP contribution in [0.15, 0.2) is 71.3 Å². The minimum absolute atomic E-state index is 0.207. The molecular weight excluding hydrogens is 302 g/mol. The molecule has 24 heavy (non-hydrogen) atoms. The molecule has 0 saturated heterocycles. The number of amides is 1. The van der Waals surface area contributed by atoms with E-state index in [0.29, 0.717) is 18.9 Å². The number of ether oxygens (including phenoxy) is 1. The molecule has 0 unspecified atom stereocenters. The van der Waals surface area contributed by atoms with Gasteiger partial charge in [-0.3, -0.25) is 4.79 Å². The number of nitrogens with one attached hydrogen (secondary N) is 1. The summed E-state index contributed by atoms with van der Waals surface area (Å²) in [5.41, 5.74) is 2.96. The Morgan fingerprint density at radius 1 is 1.00 bits per heavy atom. The third kappa shape index (κ3) is 4.04. The third-order valence-electron chi connectivity index (χ3n) is 3.69. The fourth-order valence-electron chi connectivity index (χ4n) is 2.31. The van der Waals surface area contributed by atoms with Crippen LogP contribution in [-0.4, -0.2) is 5.91 Å². The molecule has 1 aromatic heterocycles. The van der Waals surface area contributed by atoms with Crippen molar-refractivity contribution in [1.29, 1.82) is 0 Å². The number of hydrogen-bond acceptors (Lipinski definition) is 3. The van der Waals surface area contributed by atoms with E-state index in [1.54, 1.807) is 6.07 Å². The van der Waals surface area contributed by atoms with Crippen molar-refractivity contribution in [3.05, 3.63) is 89.4 Å². The zero-order chi connectivity index (χ0) is 16.8. The number of furan rings is 1. The highest BCUT2D eigenvalue weighted by Gasteiger charge is 2.11. The topological polar surface area (TPSA) is 51.5 Å². The molecule has 0 aliphatic heterocycles. The van der Waals surface area contributed by atoms with Gasteiger partial charge in [0.1, 0.15) is 12.4 Å². The standard InChI is InChI=1S/C20H19NO3/c1-15-11-12-23-19(15)20(22)21-13-16-7-9-18(10-8-16)24-14-17-5-3-2-4-6-17/h2-12H,13-14H2,1H3,(H,21,22). The van der Waals surface area contributed by atoms with E-state index in [1.165, 1.54) is 6.26 Å². The Balaban J connectivity index is 1.51. The average molecular weight is 321 g/mol. The van der Waals surface area contributed by atoms with E-state index in [9.17, 15) is 4.79 Å². The number of carbonyl (C=O) groups excluding carboxylic acids is 1. The summed E-state index contributed by atoms with van der Waals surface area (Å²) < 4.78 is 10.9.